The van der Waals surface area contributed by atoms with Crippen molar-refractivity contribution in [3.8, 4) is 0 Å². The number of unbranched alkanes of at least 4 members (excludes halogenated alkanes) is 2. The topological polar surface area (TPSA) is 81.2 Å². The van der Waals surface area contributed by atoms with E-state index >= 15 is 0 Å². The molecule has 3 heterocycles. The zero-order valence-electron chi connectivity index (χ0n) is 24.9. The maximum Gasteiger partial charge on any atom is 0.251 e. The first kappa shape index (κ1) is 32.8. The summed E-state index contributed by atoms with van der Waals surface area (Å²) in [6.45, 7) is 10.7. The lowest BCUT2D eigenvalue weighted by atomic mass is 9.70. The second-order valence-electron chi connectivity index (χ2n) is 11.7. The molecule has 10 heteroatoms. The molecule has 0 saturated carbocycles. The van der Waals surface area contributed by atoms with Gasteiger partial charge in [-0.3, -0.25) is 14.4 Å². The fraction of sp³-hybridized carbons (Fsp3) is 0.441. The number of hydrogen-bond acceptors (Lipinski definition) is 5. The van der Waals surface area contributed by atoms with Crippen LogP contribution in [0.1, 0.15) is 31.2 Å². The summed E-state index contributed by atoms with van der Waals surface area (Å²) in [7, 11) is 0. The van der Waals surface area contributed by atoms with Gasteiger partial charge in [-0.25, -0.2) is 0 Å². The Hall–Kier alpha value is -2.59. The van der Waals surface area contributed by atoms with Crippen LogP contribution in [0.2, 0.25) is 5.02 Å². The first-order valence-electron chi connectivity index (χ1n) is 15.1. The summed E-state index contributed by atoms with van der Waals surface area (Å²) in [5, 5.41) is 9.65. The third-order valence-electron chi connectivity index (χ3n) is 9.05. The number of aliphatic hydroxyl groups excluding tert-OH is 1. The normalized spacial score (nSPS) is 26.9. The van der Waals surface area contributed by atoms with Gasteiger partial charge in [-0.15, -0.1) is 24.9 Å². The highest BCUT2D eigenvalue weighted by Gasteiger charge is 2.76. The van der Waals surface area contributed by atoms with Gasteiger partial charge in [0.05, 0.1) is 27.3 Å². The molecule has 0 aliphatic carbocycles. The highest BCUT2D eigenvalue weighted by molar-refractivity contribution is 9.09. The van der Waals surface area contributed by atoms with Crippen molar-refractivity contribution in [3.63, 3.8) is 0 Å². The lowest BCUT2D eigenvalue weighted by Gasteiger charge is -2.39. The van der Waals surface area contributed by atoms with Crippen LogP contribution in [0, 0.1) is 18.8 Å². The number of thioether (sulfide) groups is 1. The Kier molecular flexibility index (Phi) is 10.3. The second kappa shape index (κ2) is 13.8. The number of halogens is 2. The monoisotopic (exact) mass is 699 g/mol. The number of likely N-dealkylation sites (tertiary alicyclic amines) is 1. The van der Waals surface area contributed by atoms with E-state index in [0.717, 1.165) is 17.7 Å². The van der Waals surface area contributed by atoms with Crippen LogP contribution >= 0.6 is 39.3 Å². The van der Waals surface area contributed by atoms with Crippen LogP contribution in [0.3, 0.4) is 0 Å². The molecule has 2 bridgehead atoms. The van der Waals surface area contributed by atoms with E-state index in [1.807, 2.05) is 49.4 Å². The zero-order chi connectivity index (χ0) is 31.6. The van der Waals surface area contributed by atoms with Gasteiger partial charge in [-0.1, -0.05) is 70.0 Å². The Balaban J connectivity index is 1.59. The van der Waals surface area contributed by atoms with Crippen LogP contribution in [0.5, 0.6) is 0 Å². The average Bonchev–Trinajstić information content (AvgIpc) is 3.60. The third-order valence-corrected chi connectivity index (χ3v) is 12.6. The molecular weight excluding hydrogens is 662 g/mol. The van der Waals surface area contributed by atoms with Gasteiger partial charge in [-0.2, -0.15) is 0 Å². The van der Waals surface area contributed by atoms with Gasteiger partial charge in [0.1, 0.15) is 6.04 Å². The molecule has 3 unspecified atom stereocenters. The van der Waals surface area contributed by atoms with Crippen LogP contribution in [-0.2, 0) is 14.4 Å². The van der Waals surface area contributed by atoms with Gasteiger partial charge in [0.25, 0.3) is 5.91 Å². The summed E-state index contributed by atoms with van der Waals surface area (Å²) >= 11 is 12.2. The number of carbonyl (C=O) groups is 3. The number of benzene rings is 2. The van der Waals surface area contributed by atoms with E-state index in [-0.39, 0.29) is 41.0 Å². The third kappa shape index (κ3) is 5.65. The lowest BCUT2D eigenvalue weighted by molar-refractivity contribution is -0.139. The van der Waals surface area contributed by atoms with Crippen molar-refractivity contribution >= 4 is 68.4 Å². The van der Waals surface area contributed by atoms with Crippen LogP contribution in [0.4, 0.5) is 11.4 Å². The van der Waals surface area contributed by atoms with Gasteiger partial charge < -0.3 is 19.8 Å². The minimum Gasteiger partial charge on any atom is -0.396 e. The summed E-state index contributed by atoms with van der Waals surface area (Å²) in [5.74, 6) is -1.76. The number of aryl methyl sites for hydroxylation is 1. The Bertz CT molecular complexity index is 1410. The molecule has 0 radical (unpaired) electrons. The Morgan fingerprint density at radius 3 is 2.43 bits per heavy atom. The molecule has 1 spiro atoms. The molecule has 1 N–H and O–H groups in total. The largest absolute Gasteiger partial charge is 0.396 e. The number of amides is 3. The molecule has 3 fully saturated rings. The highest BCUT2D eigenvalue weighted by atomic mass is 79.9. The number of hydrogen-bond donors (Lipinski definition) is 1. The van der Waals surface area contributed by atoms with Crippen LogP contribution in [0.15, 0.2) is 73.8 Å². The number of fused-ring (bicyclic) bond motifs is 1. The fourth-order valence-electron chi connectivity index (χ4n) is 7.28. The number of nitrogens with zero attached hydrogens (tertiary/aromatic N) is 3. The summed E-state index contributed by atoms with van der Waals surface area (Å²) in [4.78, 5) is 49.0. The van der Waals surface area contributed by atoms with E-state index < -0.39 is 22.6 Å². The first-order chi connectivity index (χ1) is 21.2. The smallest absolute Gasteiger partial charge is 0.251 e. The van der Waals surface area contributed by atoms with Gasteiger partial charge in [-0.05, 0) is 56.4 Å². The van der Waals surface area contributed by atoms with Crippen molar-refractivity contribution < 1.29 is 19.5 Å². The second-order valence-corrected chi connectivity index (χ2v) is 14.8. The lowest BCUT2D eigenvalue weighted by Crippen LogP contribution is -2.56. The summed E-state index contributed by atoms with van der Waals surface area (Å²) < 4.78 is -0.796. The molecule has 2 aromatic carbocycles. The minimum absolute atomic E-state index is 0.0496. The molecule has 3 aliphatic heterocycles. The van der Waals surface area contributed by atoms with Gasteiger partial charge in [0.2, 0.25) is 11.8 Å². The standard InChI is InChI=1S/C34H39BrClN3O4S/c1-4-17-37(23-14-8-6-9-15-23)31(41)26-27-32(42)39(19-10-7-11-20-40)30(34(27)21-24(35)29(26)44-34)33(43)38(18-5-2)28-22(3)13-12-16-25(28)36/h4-6,8-9,12-16,24,26-27,29-30,40H,1-2,7,10-11,17-21H2,3H3/t24?,26-,27+,29-,30?,34?/m1/s1. The molecule has 7 nitrogen and oxygen atoms in total. The van der Waals surface area contributed by atoms with Gasteiger partial charge in [0.15, 0.2) is 0 Å². The van der Waals surface area contributed by atoms with Crippen LogP contribution < -0.4 is 9.80 Å². The summed E-state index contributed by atoms with van der Waals surface area (Å²) in [6, 6.07) is 14.2. The van der Waals surface area contributed by atoms with Crippen molar-refractivity contribution in [2.24, 2.45) is 11.8 Å². The number of anilines is 2. The van der Waals surface area contributed by atoms with Crippen LogP contribution in [0.25, 0.3) is 0 Å². The highest BCUT2D eigenvalue weighted by Crippen LogP contribution is 2.68. The number of aliphatic hydroxyl groups is 1. The van der Waals surface area contributed by atoms with Crippen molar-refractivity contribution in [3.05, 3.63) is 84.4 Å². The quantitative estimate of drug-likeness (QED) is 0.157. The number of para-hydroxylation sites is 2. The van der Waals surface area contributed by atoms with Crippen molar-refractivity contribution in [2.75, 3.05) is 36.0 Å². The average molecular weight is 701 g/mol. The Labute approximate surface area is 277 Å². The molecule has 0 aromatic heterocycles. The number of alkyl halides is 1. The molecule has 6 atom stereocenters. The van der Waals surface area contributed by atoms with E-state index in [4.69, 9.17) is 11.6 Å². The molecule has 3 aliphatic rings. The first-order valence-corrected chi connectivity index (χ1v) is 17.3. The number of carbonyl (C=O) groups excluding carboxylic acids is 3. The molecular formula is C34H39BrClN3O4S. The van der Waals surface area contributed by atoms with E-state index in [2.05, 4.69) is 29.1 Å². The predicted octanol–water partition coefficient (Wildman–Crippen LogP) is 6.01. The molecule has 3 amide bonds. The Morgan fingerprint density at radius 1 is 1.07 bits per heavy atom. The molecule has 234 valence electrons. The predicted molar refractivity (Wildman–Crippen MR) is 183 cm³/mol. The maximum absolute atomic E-state index is 14.9. The molecule has 5 rings (SSSR count). The van der Waals surface area contributed by atoms with Crippen molar-refractivity contribution in [1.82, 2.24) is 4.90 Å². The van der Waals surface area contributed by atoms with E-state index in [1.54, 1.807) is 44.7 Å². The molecule has 3 saturated heterocycles. The number of rotatable bonds is 13. The van der Waals surface area contributed by atoms with Crippen LogP contribution in [-0.4, -0.2) is 74.8 Å². The zero-order valence-corrected chi connectivity index (χ0v) is 28.1. The van der Waals surface area contributed by atoms with E-state index in [1.165, 1.54) is 0 Å². The van der Waals surface area contributed by atoms with Crippen molar-refractivity contribution in [2.45, 2.75) is 53.5 Å². The molecule has 2 aromatic rings. The van der Waals surface area contributed by atoms with E-state index in [0.29, 0.717) is 43.1 Å². The fourth-order valence-corrected chi connectivity index (χ4v) is 11.2. The van der Waals surface area contributed by atoms with Gasteiger partial charge >= 0.3 is 0 Å². The van der Waals surface area contributed by atoms with Gasteiger partial charge in [0, 0.05) is 42.0 Å². The SMILES string of the molecule is C=CCN(C(=O)[C@H]1[C@@H]2SC3(CC2Br)C(C(=O)N(CC=C)c2c(C)cccc2Cl)N(CCCCCO)C(=O)[C@H]13)c1ccccc1. The summed E-state index contributed by atoms with van der Waals surface area (Å²) in [6.07, 6.45) is 5.93. The minimum atomic E-state index is -0.796. The Morgan fingerprint density at radius 2 is 1.77 bits per heavy atom. The van der Waals surface area contributed by atoms with Crippen molar-refractivity contribution in [1.29, 1.82) is 0 Å². The molecule has 44 heavy (non-hydrogen) atoms. The summed E-state index contributed by atoms with van der Waals surface area (Å²) in [5.41, 5.74) is 2.20. The maximum atomic E-state index is 14.9. The van der Waals surface area contributed by atoms with E-state index in [9.17, 15) is 19.5 Å².